The summed E-state index contributed by atoms with van der Waals surface area (Å²) in [7, 11) is 1.23. The van der Waals surface area contributed by atoms with Crippen molar-refractivity contribution in [3.8, 4) is 23.0 Å². The molecule has 0 bridgehead atoms. The van der Waals surface area contributed by atoms with E-state index in [1.165, 1.54) is 48.7 Å². The van der Waals surface area contributed by atoms with Crippen LogP contribution < -0.4 is 0 Å². The molecule has 2 heterocycles. The number of aromatic hydroxyl groups is 4. The van der Waals surface area contributed by atoms with Gasteiger partial charge in [-0.3, -0.25) is 9.78 Å². The van der Waals surface area contributed by atoms with Gasteiger partial charge in [-0.15, -0.1) is 0 Å². The van der Waals surface area contributed by atoms with Crippen molar-refractivity contribution in [2.24, 2.45) is 0 Å². The Morgan fingerprint density at radius 3 is 2.42 bits per heavy atom. The fraction of sp³-hybridized carbons (Fsp3) is 0.208. The molecule has 0 saturated heterocycles. The van der Waals surface area contributed by atoms with Crippen molar-refractivity contribution in [1.82, 2.24) is 9.88 Å². The van der Waals surface area contributed by atoms with Crippen molar-refractivity contribution in [3.63, 3.8) is 0 Å². The zero-order valence-electron chi connectivity index (χ0n) is 17.7. The number of rotatable bonds is 4. The normalized spacial score (nSPS) is 17.3. The molecule has 170 valence electrons. The second-order valence-electron chi connectivity index (χ2n) is 7.78. The molecule has 1 aliphatic heterocycles. The fourth-order valence-electron chi connectivity index (χ4n) is 4.18. The summed E-state index contributed by atoms with van der Waals surface area (Å²) in [4.78, 5) is 31.7. The quantitative estimate of drug-likeness (QED) is 0.351. The van der Waals surface area contributed by atoms with E-state index < -0.39 is 24.0 Å². The van der Waals surface area contributed by atoms with Crippen LogP contribution in [-0.4, -0.2) is 55.3 Å². The molecule has 0 aliphatic carbocycles. The number of carbonyl (C=O) groups excluding carboxylic acids is 2. The van der Waals surface area contributed by atoms with Crippen molar-refractivity contribution < 1.29 is 34.8 Å². The van der Waals surface area contributed by atoms with Crippen LogP contribution in [0.1, 0.15) is 33.1 Å². The molecular formula is C24H22N2O7. The van der Waals surface area contributed by atoms with Crippen LogP contribution in [0, 0.1) is 0 Å². The van der Waals surface area contributed by atoms with Crippen LogP contribution >= 0.6 is 0 Å². The minimum Gasteiger partial charge on any atom is -0.504 e. The molecule has 2 atom stereocenters. The van der Waals surface area contributed by atoms with Crippen LogP contribution in [0.25, 0.3) is 0 Å². The molecule has 3 aromatic rings. The highest BCUT2D eigenvalue weighted by molar-refractivity contribution is 5.97. The smallest absolute Gasteiger partial charge is 0.328 e. The molecule has 0 fully saturated rings. The first kappa shape index (κ1) is 21.9. The highest BCUT2D eigenvalue weighted by Crippen LogP contribution is 2.42. The minimum absolute atomic E-state index is 0.0686. The van der Waals surface area contributed by atoms with Gasteiger partial charge in [0.2, 0.25) is 0 Å². The highest BCUT2D eigenvalue weighted by Gasteiger charge is 2.42. The first-order valence-electron chi connectivity index (χ1n) is 10.2. The average Bonchev–Trinajstić information content (AvgIpc) is 2.82. The second kappa shape index (κ2) is 8.70. The number of pyridine rings is 1. The van der Waals surface area contributed by atoms with E-state index in [9.17, 15) is 30.0 Å². The predicted octanol–water partition coefficient (Wildman–Crippen LogP) is 2.43. The molecule has 2 aromatic carbocycles. The Kier molecular flexibility index (Phi) is 5.78. The van der Waals surface area contributed by atoms with Gasteiger partial charge in [0.1, 0.15) is 6.04 Å². The van der Waals surface area contributed by atoms with Gasteiger partial charge in [-0.1, -0.05) is 6.07 Å². The molecule has 0 spiro atoms. The van der Waals surface area contributed by atoms with E-state index in [2.05, 4.69) is 4.98 Å². The highest BCUT2D eigenvalue weighted by atomic mass is 16.5. The summed E-state index contributed by atoms with van der Waals surface area (Å²) in [5, 5.41) is 39.8. The standard InChI is InChI=1S/C24H22N2O7/c1-33-24(32)18-9-15-10-21(29)22(30)11-16(15)17(7-13-4-5-19(27)20(28)8-13)26(18)23(31)14-3-2-6-25-12-14/h2-6,8,10-12,17-18,27-30H,7,9H2,1H3/t17-,18-/m0/s1. The lowest BCUT2D eigenvalue weighted by molar-refractivity contribution is -0.147. The number of methoxy groups -OCH3 is 1. The van der Waals surface area contributed by atoms with Crippen LogP contribution in [0.3, 0.4) is 0 Å². The lowest BCUT2D eigenvalue weighted by atomic mass is 9.84. The molecule has 0 saturated carbocycles. The molecule has 4 N–H and O–H groups in total. The Bertz CT molecular complexity index is 1210. The Morgan fingerprint density at radius 2 is 1.76 bits per heavy atom. The molecular weight excluding hydrogens is 428 g/mol. The summed E-state index contributed by atoms with van der Waals surface area (Å²) in [5.74, 6) is -2.43. The van der Waals surface area contributed by atoms with E-state index in [1.807, 2.05) is 0 Å². The average molecular weight is 450 g/mol. The van der Waals surface area contributed by atoms with Gasteiger partial charge in [0.05, 0.1) is 18.7 Å². The van der Waals surface area contributed by atoms with Crippen molar-refractivity contribution >= 4 is 11.9 Å². The van der Waals surface area contributed by atoms with Crippen molar-refractivity contribution in [2.45, 2.75) is 24.9 Å². The number of carbonyl (C=O) groups is 2. The lowest BCUT2D eigenvalue weighted by Gasteiger charge is -2.42. The maximum absolute atomic E-state index is 13.6. The number of phenols is 4. The number of esters is 1. The number of hydrogen-bond acceptors (Lipinski definition) is 8. The molecule has 1 aliphatic rings. The summed E-state index contributed by atoms with van der Waals surface area (Å²) >= 11 is 0. The topological polar surface area (TPSA) is 140 Å². The van der Waals surface area contributed by atoms with Gasteiger partial charge in [0.25, 0.3) is 5.91 Å². The van der Waals surface area contributed by atoms with Gasteiger partial charge in [-0.05, 0) is 59.5 Å². The molecule has 0 unspecified atom stereocenters. The van der Waals surface area contributed by atoms with E-state index in [0.29, 0.717) is 16.7 Å². The third kappa shape index (κ3) is 4.12. The van der Waals surface area contributed by atoms with Crippen LogP contribution in [0.5, 0.6) is 23.0 Å². The number of nitrogens with zero attached hydrogens (tertiary/aromatic N) is 2. The minimum atomic E-state index is -1.00. The Labute approximate surface area is 189 Å². The van der Waals surface area contributed by atoms with Gasteiger partial charge >= 0.3 is 5.97 Å². The number of amides is 1. The summed E-state index contributed by atoms with van der Waals surface area (Å²) < 4.78 is 4.97. The molecule has 4 rings (SSSR count). The third-order valence-corrected chi connectivity index (χ3v) is 5.77. The number of benzene rings is 2. The fourth-order valence-corrected chi connectivity index (χ4v) is 4.18. The van der Waals surface area contributed by atoms with Gasteiger partial charge in [-0.2, -0.15) is 0 Å². The van der Waals surface area contributed by atoms with Crippen molar-refractivity contribution in [2.75, 3.05) is 7.11 Å². The maximum atomic E-state index is 13.6. The zero-order valence-corrected chi connectivity index (χ0v) is 17.7. The molecule has 0 radical (unpaired) electrons. The van der Waals surface area contributed by atoms with Crippen LogP contribution in [0.2, 0.25) is 0 Å². The zero-order chi connectivity index (χ0) is 23.7. The monoisotopic (exact) mass is 450 g/mol. The molecule has 1 amide bonds. The van der Waals surface area contributed by atoms with E-state index in [4.69, 9.17) is 4.74 Å². The Hall–Kier alpha value is -4.27. The first-order chi connectivity index (χ1) is 15.8. The van der Waals surface area contributed by atoms with Crippen molar-refractivity contribution in [1.29, 1.82) is 0 Å². The summed E-state index contributed by atoms with van der Waals surface area (Å²) in [5.41, 5.74) is 1.94. The summed E-state index contributed by atoms with van der Waals surface area (Å²) in [6, 6.07) is 8.43. The summed E-state index contributed by atoms with van der Waals surface area (Å²) in [6.07, 6.45) is 3.13. The van der Waals surface area contributed by atoms with Crippen LogP contribution in [-0.2, 0) is 22.4 Å². The SMILES string of the molecule is COC(=O)[C@@H]1Cc2cc(O)c(O)cc2[C@H](Cc2ccc(O)c(O)c2)N1C(=O)c1cccnc1. The maximum Gasteiger partial charge on any atom is 0.328 e. The van der Waals surface area contributed by atoms with Crippen LogP contribution in [0.15, 0.2) is 54.9 Å². The summed E-state index contributed by atoms with van der Waals surface area (Å²) in [6.45, 7) is 0. The predicted molar refractivity (Wildman–Crippen MR) is 116 cm³/mol. The van der Waals surface area contributed by atoms with E-state index in [0.717, 1.165) is 0 Å². The van der Waals surface area contributed by atoms with Crippen molar-refractivity contribution in [3.05, 3.63) is 77.1 Å². The first-order valence-corrected chi connectivity index (χ1v) is 10.2. The molecule has 9 nitrogen and oxygen atoms in total. The largest absolute Gasteiger partial charge is 0.504 e. The number of phenolic OH excluding ortho intramolecular Hbond substituents is 4. The van der Waals surface area contributed by atoms with Gasteiger partial charge in [-0.25, -0.2) is 4.79 Å². The second-order valence-corrected chi connectivity index (χ2v) is 7.78. The van der Waals surface area contributed by atoms with Gasteiger partial charge in [0.15, 0.2) is 23.0 Å². The van der Waals surface area contributed by atoms with Gasteiger partial charge in [0, 0.05) is 18.8 Å². The van der Waals surface area contributed by atoms with E-state index in [1.54, 1.807) is 18.2 Å². The molecule has 1 aromatic heterocycles. The Morgan fingerprint density at radius 1 is 1.03 bits per heavy atom. The third-order valence-electron chi connectivity index (χ3n) is 5.77. The van der Waals surface area contributed by atoms with E-state index >= 15 is 0 Å². The lowest BCUT2D eigenvalue weighted by Crippen LogP contribution is -2.52. The van der Waals surface area contributed by atoms with E-state index in [-0.39, 0.29) is 41.4 Å². The number of ether oxygens (including phenoxy) is 1. The number of hydrogen-bond donors (Lipinski definition) is 4. The Balaban J connectivity index is 1.88. The van der Waals surface area contributed by atoms with Crippen LogP contribution in [0.4, 0.5) is 0 Å². The number of fused-ring (bicyclic) bond motifs is 1. The number of aromatic nitrogens is 1. The molecule has 9 heteroatoms. The van der Waals surface area contributed by atoms with Gasteiger partial charge < -0.3 is 30.1 Å². The molecule has 33 heavy (non-hydrogen) atoms.